The zero-order valence-electron chi connectivity index (χ0n) is 19.7. The molecule has 3 aromatic heterocycles. The summed E-state index contributed by atoms with van der Waals surface area (Å²) in [5.74, 6) is -0.443. The number of ether oxygens (including phenoxy) is 1. The Kier molecular flexibility index (Phi) is 7.13. The number of nitrogens with one attached hydrogen (secondary N) is 2. The minimum atomic E-state index is -0.443. The standard InChI is InChI=1S/C26H27ClN6O3/c27-21-7-2-1-6-18(21)17-29-25(34)19-16-20-24(30-22-8-3-4-10-32(22)26(20)35)33(23(19)28)11-5-9-31-12-14-36-15-13-31/h1-4,6-8,10,16,28H,5,9,11-15,17H2,(H,29,34). The van der Waals surface area contributed by atoms with Crippen molar-refractivity contribution >= 4 is 34.2 Å². The number of fused-ring (bicyclic) bond motifs is 2. The van der Waals surface area contributed by atoms with E-state index in [1.54, 1.807) is 29.0 Å². The summed E-state index contributed by atoms with van der Waals surface area (Å²) in [4.78, 5) is 33.6. The molecule has 5 rings (SSSR count). The number of hydrogen-bond acceptors (Lipinski definition) is 6. The fourth-order valence-corrected chi connectivity index (χ4v) is 4.67. The molecule has 0 radical (unpaired) electrons. The van der Waals surface area contributed by atoms with Crippen molar-refractivity contribution < 1.29 is 9.53 Å². The second kappa shape index (κ2) is 10.6. The molecule has 10 heteroatoms. The molecule has 4 heterocycles. The lowest BCUT2D eigenvalue weighted by Gasteiger charge is -2.26. The molecule has 0 unspecified atom stereocenters. The van der Waals surface area contributed by atoms with Gasteiger partial charge in [-0.25, -0.2) is 4.98 Å². The van der Waals surface area contributed by atoms with Crippen LogP contribution in [0, 0.1) is 5.41 Å². The SMILES string of the molecule is N=c1c(C(=O)NCc2ccccc2Cl)cc2c(=O)n3ccccc3nc2n1CCCN1CCOCC1. The van der Waals surface area contributed by atoms with Gasteiger partial charge in [-0.3, -0.25) is 24.3 Å². The van der Waals surface area contributed by atoms with Crippen molar-refractivity contribution in [3.63, 3.8) is 0 Å². The molecule has 186 valence electrons. The van der Waals surface area contributed by atoms with E-state index < -0.39 is 5.91 Å². The number of carbonyl (C=O) groups is 1. The molecule has 0 saturated carbocycles. The number of hydrogen-bond donors (Lipinski definition) is 2. The highest BCUT2D eigenvalue weighted by Gasteiger charge is 2.18. The second-order valence-electron chi connectivity index (χ2n) is 8.72. The molecule has 36 heavy (non-hydrogen) atoms. The number of halogens is 1. The van der Waals surface area contributed by atoms with E-state index in [-0.39, 0.29) is 23.2 Å². The van der Waals surface area contributed by atoms with E-state index in [1.165, 1.54) is 10.5 Å². The molecule has 2 N–H and O–H groups in total. The highest BCUT2D eigenvalue weighted by molar-refractivity contribution is 6.31. The van der Waals surface area contributed by atoms with Crippen LogP contribution in [0.2, 0.25) is 5.02 Å². The number of aromatic nitrogens is 3. The van der Waals surface area contributed by atoms with E-state index in [0.29, 0.717) is 41.5 Å². The first kappa shape index (κ1) is 24.2. The van der Waals surface area contributed by atoms with Gasteiger partial charge in [-0.1, -0.05) is 35.9 Å². The topological polar surface area (TPSA) is 105 Å². The third-order valence-corrected chi connectivity index (χ3v) is 6.79. The normalized spacial score (nSPS) is 14.4. The van der Waals surface area contributed by atoms with Crippen LogP contribution in [0.25, 0.3) is 16.7 Å². The summed E-state index contributed by atoms with van der Waals surface area (Å²) < 4.78 is 8.55. The lowest BCUT2D eigenvalue weighted by molar-refractivity contribution is 0.0369. The summed E-state index contributed by atoms with van der Waals surface area (Å²) in [6.07, 6.45) is 2.39. The summed E-state index contributed by atoms with van der Waals surface area (Å²) in [5.41, 5.74) is 1.53. The van der Waals surface area contributed by atoms with Gasteiger partial charge in [0.15, 0.2) is 0 Å². The summed E-state index contributed by atoms with van der Waals surface area (Å²) >= 11 is 6.23. The van der Waals surface area contributed by atoms with Gasteiger partial charge < -0.3 is 14.6 Å². The molecule has 1 fully saturated rings. The summed E-state index contributed by atoms with van der Waals surface area (Å²) in [6, 6.07) is 14.1. The second-order valence-corrected chi connectivity index (χ2v) is 9.13. The van der Waals surface area contributed by atoms with Gasteiger partial charge in [0.2, 0.25) is 0 Å². The van der Waals surface area contributed by atoms with Gasteiger partial charge in [-0.15, -0.1) is 0 Å². The van der Waals surface area contributed by atoms with E-state index in [2.05, 4.69) is 10.2 Å². The molecule has 0 spiro atoms. The van der Waals surface area contributed by atoms with Crippen LogP contribution < -0.4 is 16.4 Å². The van der Waals surface area contributed by atoms with Gasteiger partial charge in [0.25, 0.3) is 11.5 Å². The van der Waals surface area contributed by atoms with Crippen LogP contribution in [-0.4, -0.2) is 57.6 Å². The highest BCUT2D eigenvalue weighted by atomic mass is 35.5. The van der Waals surface area contributed by atoms with Crippen molar-refractivity contribution in [2.75, 3.05) is 32.8 Å². The largest absolute Gasteiger partial charge is 0.379 e. The van der Waals surface area contributed by atoms with Gasteiger partial charge in [0.1, 0.15) is 16.8 Å². The fourth-order valence-electron chi connectivity index (χ4n) is 4.47. The maximum Gasteiger partial charge on any atom is 0.267 e. The van der Waals surface area contributed by atoms with Gasteiger partial charge in [0, 0.05) is 43.9 Å². The molecule has 1 saturated heterocycles. The van der Waals surface area contributed by atoms with Crippen molar-refractivity contribution in [3.8, 4) is 0 Å². The van der Waals surface area contributed by atoms with Crippen LogP contribution in [0.1, 0.15) is 22.3 Å². The first-order valence-corrected chi connectivity index (χ1v) is 12.3. The smallest absolute Gasteiger partial charge is 0.267 e. The lowest BCUT2D eigenvalue weighted by Crippen LogP contribution is -2.38. The molecule has 1 aliphatic heterocycles. The predicted octanol–water partition coefficient (Wildman–Crippen LogP) is 2.43. The minimum absolute atomic E-state index is 0.0216. The van der Waals surface area contributed by atoms with Gasteiger partial charge >= 0.3 is 0 Å². The van der Waals surface area contributed by atoms with Crippen molar-refractivity contribution in [2.45, 2.75) is 19.5 Å². The quantitative estimate of drug-likeness (QED) is 0.375. The molecule has 0 aliphatic carbocycles. The molecule has 4 aromatic rings. The molecule has 9 nitrogen and oxygen atoms in total. The lowest BCUT2D eigenvalue weighted by atomic mass is 10.1. The molecule has 0 bridgehead atoms. The Bertz CT molecular complexity index is 1540. The van der Waals surface area contributed by atoms with Gasteiger partial charge in [-0.05, 0) is 36.2 Å². The number of morpholine rings is 1. The highest BCUT2D eigenvalue weighted by Crippen LogP contribution is 2.15. The molecule has 0 atom stereocenters. The van der Waals surface area contributed by atoms with Gasteiger partial charge in [-0.2, -0.15) is 0 Å². The van der Waals surface area contributed by atoms with Crippen LogP contribution >= 0.6 is 11.6 Å². The number of aryl methyl sites for hydroxylation is 1. The zero-order chi connectivity index (χ0) is 25.1. The zero-order valence-corrected chi connectivity index (χ0v) is 20.5. The van der Waals surface area contributed by atoms with Crippen molar-refractivity contribution in [3.05, 3.63) is 86.7 Å². The monoisotopic (exact) mass is 506 g/mol. The number of rotatable bonds is 7. The number of nitrogens with zero attached hydrogens (tertiary/aromatic N) is 4. The van der Waals surface area contributed by atoms with E-state index in [0.717, 1.165) is 31.6 Å². The average molecular weight is 507 g/mol. The number of carbonyl (C=O) groups excluding carboxylic acids is 1. The summed E-state index contributed by atoms with van der Waals surface area (Å²) in [5, 5.41) is 12.6. The number of amides is 1. The first-order chi connectivity index (χ1) is 17.5. The Morgan fingerprint density at radius 1 is 1.11 bits per heavy atom. The molecule has 1 aliphatic rings. The fraction of sp³-hybridized carbons (Fsp3) is 0.308. The van der Waals surface area contributed by atoms with Crippen molar-refractivity contribution in [1.82, 2.24) is 24.2 Å². The Morgan fingerprint density at radius 2 is 1.89 bits per heavy atom. The van der Waals surface area contributed by atoms with Gasteiger partial charge in [0.05, 0.1) is 24.2 Å². The molecule has 1 aromatic carbocycles. The first-order valence-electron chi connectivity index (χ1n) is 11.9. The Hall–Kier alpha value is -3.53. The van der Waals surface area contributed by atoms with Crippen LogP contribution in [0.3, 0.4) is 0 Å². The molecular formula is C26H27ClN6O3. The van der Waals surface area contributed by atoms with E-state index in [1.807, 2.05) is 24.3 Å². The number of benzene rings is 1. The Labute approximate surface area is 212 Å². The Morgan fingerprint density at radius 3 is 2.69 bits per heavy atom. The van der Waals surface area contributed by atoms with E-state index in [9.17, 15) is 9.59 Å². The van der Waals surface area contributed by atoms with Crippen LogP contribution in [0.15, 0.2) is 59.5 Å². The van der Waals surface area contributed by atoms with Crippen molar-refractivity contribution in [1.29, 1.82) is 5.41 Å². The van der Waals surface area contributed by atoms with Crippen LogP contribution in [-0.2, 0) is 17.8 Å². The summed E-state index contributed by atoms with van der Waals surface area (Å²) in [6.45, 7) is 4.65. The number of pyridine rings is 2. The third kappa shape index (κ3) is 4.90. The minimum Gasteiger partial charge on any atom is -0.379 e. The average Bonchev–Trinajstić information content (AvgIpc) is 2.90. The molecular weight excluding hydrogens is 480 g/mol. The Balaban J connectivity index is 1.52. The predicted molar refractivity (Wildman–Crippen MR) is 137 cm³/mol. The third-order valence-electron chi connectivity index (χ3n) is 6.42. The van der Waals surface area contributed by atoms with E-state index >= 15 is 0 Å². The van der Waals surface area contributed by atoms with E-state index in [4.69, 9.17) is 26.7 Å². The maximum absolute atomic E-state index is 13.3. The molecule has 1 amide bonds. The summed E-state index contributed by atoms with van der Waals surface area (Å²) in [7, 11) is 0. The maximum atomic E-state index is 13.3. The van der Waals surface area contributed by atoms with Crippen LogP contribution in [0.4, 0.5) is 0 Å². The van der Waals surface area contributed by atoms with Crippen LogP contribution in [0.5, 0.6) is 0 Å². The van der Waals surface area contributed by atoms with Crippen molar-refractivity contribution in [2.24, 2.45) is 0 Å².